The van der Waals surface area contributed by atoms with Crippen molar-refractivity contribution >= 4 is 5.82 Å². The molecule has 0 radical (unpaired) electrons. The molecule has 2 heterocycles. The molecule has 0 bridgehead atoms. The van der Waals surface area contributed by atoms with Crippen LogP contribution in [-0.4, -0.2) is 17.6 Å². The molecule has 1 aliphatic heterocycles. The second-order valence-electron chi connectivity index (χ2n) is 4.75. The summed E-state index contributed by atoms with van der Waals surface area (Å²) in [5.74, 6) is 0.906. The average Bonchev–Trinajstić information content (AvgIpc) is 2.97. The maximum absolute atomic E-state index is 9.11. The van der Waals surface area contributed by atoms with Crippen molar-refractivity contribution in [3.8, 4) is 17.2 Å². The van der Waals surface area contributed by atoms with Gasteiger partial charge in [-0.15, -0.1) is 0 Å². The lowest BCUT2D eigenvalue weighted by Crippen LogP contribution is -2.28. The van der Waals surface area contributed by atoms with Gasteiger partial charge < -0.3 is 4.90 Å². The van der Waals surface area contributed by atoms with Crippen molar-refractivity contribution < 1.29 is 0 Å². The van der Waals surface area contributed by atoms with Gasteiger partial charge in [0.15, 0.2) is 0 Å². The summed E-state index contributed by atoms with van der Waals surface area (Å²) in [5.41, 5.74) is 2.27. The largest absolute Gasteiger partial charge is 0.341 e. The minimum absolute atomic E-state index is 0.0184. The Kier molecular flexibility index (Phi) is 3.16. The third-order valence-electron chi connectivity index (χ3n) is 3.55. The normalized spacial score (nSPS) is 18.3. The zero-order chi connectivity index (χ0) is 13.1. The Hall–Kier alpha value is -2.34. The van der Waals surface area contributed by atoms with E-state index in [9.17, 15) is 0 Å². The molecule has 19 heavy (non-hydrogen) atoms. The van der Waals surface area contributed by atoms with E-state index in [4.69, 9.17) is 5.26 Å². The van der Waals surface area contributed by atoms with Crippen LogP contribution in [0, 0.1) is 11.3 Å². The van der Waals surface area contributed by atoms with Gasteiger partial charge in [-0.1, -0.05) is 30.3 Å². The van der Waals surface area contributed by atoms with Crippen LogP contribution in [0.15, 0.2) is 48.7 Å². The summed E-state index contributed by atoms with van der Waals surface area (Å²) in [6.07, 6.45) is 3.90. The summed E-state index contributed by atoms with van der Waals surface area (Å²) in [4.78, 5) is 6.60. The number of anilines is 1. The molecule has 0 amide bonds. The predicted octanol–water partition coefficient (Wildman–Crippen LogP) is 3.24. The van der Waals surface area contributed by atoms with Gasteiger partial charge in [-0.05, 0) is 30.5 Å². The van der Waals surface area contributed by atoms with Crippen LogP contribution in [0.1, 0.15) is 12.8 Å². The molecule has 0 unspecified atom stereocenters. The quantitative estimate of drug-likeness (QED) is 0.820. The van der Waals surface area contributed by atoms with Gasteiger partial charge in [-0.2, -0.15) is 5.26 Å². The van der Waals surface area contributed by atoms with Crippen molar-refractivity contribution in [2.24, 2.45) is 0 Å². The number of nitriles is 1. The van der Waals surface area contributed by atoms with Crippen LogP contribution < -0.4 is 4.90 Å². The molecule has 1 aliphatic rings. The maximum atomic E-state index is 9.11. The summed E-state index contributed by atoms with van der Waals surface area (Å²) in [6.45, 7) is 0.926. The Balaban J connectivity index is 1.86. The first-order chi connectivity index (χ1) is 9.38. The molecular weight excluding hydrogens is 234 g/mol. The van der Waals surface area contributed by atoms with Gasteiger partial charge in [0.05, 0.1) is 6.07 Å². The third kappa shape index (κ3) is 2.30. The van der Waals surface area contributed by atoms with Crippen LogP contribution in [0.3, 0.4) is 0 Å². The van der Waals surface area contributed by atoms with Crippen LogP contribution in [0.5, 0.6) is 0 Å². The molecule has 1 aromatic heterocycles. The fourth-order valence-corrected chi connectivity index (χ4v) is 2.53. The van der Waals surface area contributed by atoms with Crippen LogP contribution in [0.2, 0.25) is 0 Å². The van der Waals surface area contributed by atoms with Crippen LogP contribution in [0.25, 0.3) is 11.1 Å². The molecule has 0 N–H and O–H groups in total. The maximum Gasteiger partial charge on any atom is 0.129 e. The minimum atomic E-state index is -0.0184. The summed E-state index contributed by atoms with van der Waals surface area (Å²) in [5, 5.41) is 9.11. The first-order valence-corrected chi connectivity index (χ1v) is 6.56. The second kappa shape index (κ2) is 5.11. The predicted molar refractivity (Wildman–Crippen MR) is 75.7 cm³/mol. The highest BCUT2D eigenvalue weighted by Crippen LogP contribution is 2.25. The number of benzene rings is 1. The number of hydrogen-bond donors (Lipinski definition) is 0. The van der Waals surface area contributed by atoms with Crippen LogP contribution >= 0.6 is 0 Å². The highest BCUT2D eigenvalue weighted by atomic mass is 15.2. The third-order valence-corrected chi connectivity index (χ3v) is 3.55. The van der Waals surface area contributed by atoms with Gasteiger partial charge in [0.2, 0.25) is 0 Å². The Morgan fingerprint density at radius 1 is 1.11 bits per heavy atom. The van der Waals surface area contributed by atoms with Crippen molar-refractivity contribution in [2.45, 2.75) is 18.9 Å². The molecule has 0 aliphatic carbocycles. The van der Waals surface area contributed by atoms with E-state index in [1.54, 1.807) is 0 Å². The van der Waals surface area contributed by atoms with Crippen LogP contribution in [0.4, 0.5) is 5.82 Å². The first kappa shape index (κ1) is 11.7. The number of rotatable bonds is 2. The van der Waals surface area contributed by atoms with E-state index in [1.165, 1.54) is 5.56 Å². The van der Waals surface area contributed by atoms with Crippen LogP contribution in [-0.2, 0) is 0 Å². The standard InChI is InChI=1S/C16H15N3/c17-11-15-7-4-10-19(15)16-9-8-14(12-18-16)13-5-2-1-3-6-13/h1-3,5-6,8-9,12,15H,4,7,10H2/t15-/m1/s1. The van der Waals surface area contributed by atoms with Gasteiger partial charge in [0, 0.05) is 18.3 Å². The van der Waals surface area contributed by atoms with Gasteiger partial charge in [-0.25, -0.2) is 4.98 Å². The van der Waals surface area contributed by atoms with E-state index in [-0.39, 0.29) is 6.04 Å². The lowest BCUT2D eigenvalue weighted by atomic mass is 10.1. The van der Waals surface area contributed by atoms with Crippen molar-refractivity contribution in [1.29, 1.82) is 5.26 Å². The van der Waals surface area contributed by atoms with E-state index in [1.807, 2.05) is 30.5 Å². The molecule has 1 aromatic carbocycles. The Morgan fingerprint density at radius 3 is 2.63 bits per heavy atom. The molecule has 3 rings (SSSR count). The summed E-state index contributed by atoms with van der Waals surface area (Å²) in [7, 11) is 0. The Bertz CT molecular complexity index is 584. The fourth-order valence-electron chi connectivity index (χ4n) is 2.53. The van der Waals surface area contributed by atoms with Crippen molar-refractivity contribution in [2.75, 3.05) is 11.4 Å². The zero-order valence-electron chi connectivity index (χ0n) is 10.7. The van der Waals surface area contributed by atoms with E-state index in [2.05, 4.69) is 34.2 Å². The smallest absolute Gasteiger partial charge is 0.129 e. The van der Waals surface area contributed by atoms with E-state index in [0.717, 1.165) is 30.8 Å². The molecule has 94 valence electrons. The minimum Gasteiger partial charge on any atom is -0.341 e. The monoisotopic (exact) mass is 249 g/mol. The number of nitrogens with zero attached hydrogens (tertiary/aromatic N) is 3. The van der Waals surface area contributed by atoms with Gasteiger partial charge in [0.1, 0.15) is 11.9 Å². The van der Waals surface area contributed by atoms with Crippen molar-refractivity contribution in [3.05, 3.63) is 48.7 Å². The Labute approximate surface area is 113 Å². The molecule has 1 saturated heterocycles. The van der Waals surface area contributed by atoms with Gasteiger partial charge in [-0.3, -0.25) is 0 Å². The number of hydrogen-bond acceptors (Lipinski definition) is 3. The Morgan fingerprint density at radius 2 is 1.95 bits per heavy atom. The molecule has 2 aromatic rings. The highest BCUT2D eigenvalue weighted by molar-refractivity contribution is 5.63. The SMILES string of the molecule is N#C[C@H]1CCCN1c1ccc(-c2ccccc2)cn1. The highest BCUT2D eigenvalue weighted by Gasteiger charge is 2.24. The van der Waals surface area contributed by atoms with Crippen molar-refractivity contribution in [1.82, 2.24) is 4.98 Å². The van der Waals surface area contributed by atoms with Gasteiger partial charge >= 0.3 is 0 Å². The molecule has 1 fully saturated rings. The summed E-state index contributed by atoms with van der Waals surface area (Å²) in [6, 6.07) is 16.6. The molecular formula is C16H15N3. The lowest BCUT2D eigenvalue weighted by molar-refractivity contribution is 0.807. The van der Waals surface area contributed by atoms with Gasteiger partial charge in [0.25, 0.3) is 0 Å². The molecule has 0 saturated carbocycles. The van der Waals surface area contributed by atoms with Crippen molar-refractivity contribution in [3.63, 3.8) is 0 Å². The molecule has 0 spiro atoms. The first-order valence-electron chi connectivity index (χ1n) is 6.56. The summed E-state index contributed by atoms with van der Waals surface area (Å²) < 4.78 is 0. The second-order valence-corrected chi connectivity index (χ2v) is 4.75. The van der Waals surface area contributed by atoms with E-state index in [0.29, 0.717) is 0 Å². The van der Waals surface area contributed by atoms with E-state index >= 15 is 0 Å². The van der Waals surface area contributed by atoms with E-state index < -0.39 is 0 Å². The summed E-state index contributed by atoms with van der Waals surface area (Å²) >= 11 is 0. The fraction of sp³-hybridized carbons (Fsp3) is 0.250. The topological polar surface area (TPSA) is 39.9 Å². The molecule has 1 atom stereocenters. The lowest BCUT2D eigenvalue weighted by Gasteiger charge is -2.20. The zero-order valence-corrected chi connectivity index (χ0v) is 10.7. The average molecular weight is 249 g/mol. The molecule has 3 nitrogen and oxygen atoms in total. The molecule has 3 heteroatoms. The number of aromatic nitrogens is 1. The number of pyridine rings is 1.